The molecule has 2 aliphatic heterocycles. The van der Waals surface area contributed by atoms with E-state index in [1.54, 1.807) is 47.0 Å². The lowest BCUT2D eigenvalue weighted by Crippen LogP contribution is -2.39. The van der Waals surface area contributed by atoms with Gasteiger partial charge in [-0.2, -0.15) is 0 Å². The van der Waals surface area contributed by atoms with Gasteiger partial charge in [-0.25, -0.2) is 4.39 Å². The Labute approximate surface area is 227 Å². The Morgan fingerprint density at radius 3 is 2.63 bits per heavy atom. The number of nitrogens with zero attached hydrogens (tertiary/aromatic N) is 1. The number of nitrogens with one attached hydrogen (secondary N) is 1. The maximum atomic E-state index is 16.0. The molecule has 1 amide bonds. The topological polar surface area (TPSA) is 61.8 Å². The smallest absolute Gasteiger partial charge is 0.230 e. The summed E-state index contributed by atoms with van der Waals surface area (Å²) < 4.78 is 21.9. The summed E-state index contributed by atoms with van der Waals surface area (Å²) in [6.45, 7) is 8.38. The molecule has 5 nitrogen and oxygen atoms in total. The molecular formula is C31H33FN2O3S. The lowest BCUT2D eigenvalue weighted by molar-refractivity contribution is -0.121. The number of halogens is 1. The zero-order valence-electron chi connectivity index (χ0n) is 22.1. The fraction of sp³-hybridized carbons (Fsp3) is 0.323. The minimum atomic E-state index is -0.681. The molecule has 38 heavy (non-hydrogen) atoms. The Kier molecular flexibility index (Phi) is 7.14. The second kappa shape index (κ2) is 10.4. The molecule has 0 bridgehead atoms. The van der Waals surface area contributed by atoms with Crippen LogP contribution in [0.3, 0.4) is 0 Å². The van der Waals surface area contributed by atoms with Crippen LogP contribution in [-0.4, -0.2) is 16.8 Å². The van der Waals surface area contributed by atoms with Crippen molar-refractivity contribution in [3.8, 4) is 11.5 Å². The molecule has 0 saturated heterocycles. The number of rotatable bonds is 5. The van der Waals surface area contributed by atoms with E-state index in [9.17, 15) is 9.90 Å². The summed E-state index contributed by atoms with van der Waals surface area (Å²) in [7, 11) is 0. The van der Waals surface area contributed by atoms with Crippen LogP contribution in [0.4, 0.5) is 15.8 Å². The summed E-state index contributed by atoms with van der Waals surface area (Å²) >= 11 is 1.64. The molecule has 2 N–H and O–H groups in total. The first-order valence-electron chi connectivity index (χ1n) is 12.9. The van der Waals surface area contributed by atoms with Crippen molar-refractivity contribution < 1.29 is 19.0 Å². The number of ether oxygens (including phenoxy) is 1. The van der Waals surface area contributed by atoms with E-state index in [4.69, 9.17) is 4.74 Å². The van der Waals surface area contributed by atoms with E-state index in [0.717, 1.165) is 21.9 Å². The highest BCUT2D eigenvalue weighted by atomic mass is 32.2. The number of hydrogen-bond acceptors (Lipinski definition) is 5. The molecule has 3 aromatic carbocycles. The van der Waals surface area contributed by atoms with Crippen LogP contribution in [-0.2, 0) is 11.4 Å². The predicted molar refractivity (Wildman–Crippen MR) is 152 cm³/mol. The lowest BCUT2D eigenvalue weighted by Gasteiger charge is -2.38. The monoisotopic (exact) mass is 532 g/mol. The maximum Gasteiger partial charge on any atom is 0.230 e. The van der Waals surface area contributed by atoms with Crippen molar-refractivity contribution in [1.29, 1.82) is 0 Å². The number of amides is 1. The van der Waals surface area contributed by atoms with E-state index < -0.39 is 11.9 Å². The van der Waals surface area contributed by atoms with Crippen LogP contribution >= 0.6 is 11.8 Å². The third-order valence-electron chi connectivity index (χ3n) is 6.88. The summed E-state index contributed by atoms with van der Waals surface area (Å²) in [6.07, 6.45) is 0.712. The van der Waals surface area contributed by atoms with Crippen LogP contribution < -0.4 is 15.0 Å². The van der Waals surface area contributed by atoms with E-state index in [-0.39, 0.29) is 23.0 Å². The predicted octanol–water partition coefficient (Wildman–Crippen LogP) is 7.64. The molecule has 3 aromatic rings. The molecule has 0 fully saturated rings. The highest BCUT2D eigenvalue weighted by molar-refractivity contribution is 8.03. The molecule has 0 spiro atoms. The average molecular weight is 533 g/mol. The molecule has 0 aromatic heterocycles. The first kappa shape index (κ1) is 26.2. The van der Waals surface area contributed by atoms with E-state index in [0.29, 0.717) is 35.7 Å². The van der Waals surface area contributed by atoms with E-state index in [2.05, 4.69) is 19.2 Å². The number of phenols is 1. The van der Waals surface area contributed by atoms with Crippen molar-refractivity contribution in [3.05, 3.63) is 94.3 Å². The Bertz CT molecular complexity index is 1390. The third kappa shape index (κ3) is 5.12. The molecular weight excluding hydrogens is 499 g/mol. The van der Waals surface area contributed by atoms with Gasteiger partial charge in [-0.15, -0.1) is 11.8 Å². The average Bonchev–Trinajstić information content (AvgIpc) is 3.02. The Balaban J connectivity index is 1.62. The summed E-state index contributed by atoms with van der Waals surface area (Å²) in [5, 5.41) is 14.3. The molecule has 198 valence electrons. The van der Waals surface area contributed by atoms with Crippen LogP contribution in [0.15, 0.2) is 77.3 Å². The highest BCUT2D eigenvalue weighted by Gasteiger charge is 2.42. The minimum Gasteiger partial charge on any atom is -0.506 e. The van der Waals surface area contributed by atoms with Crippen LogP contribution in [0, 0.1) is 17.2 Å². The van der Waals surface area contributed by atoms with Gasteiger partial charge in [-0.3, -0.25) is 9.69 Å². The van der Waals surface area contributed by atoms with Crippen LogP contribution in [0.25, 0.3) is 0 Å². The number of carbonyl (C=O) groups is 1. The van der Waals surface area contributed by atoms with Crippen molar-refractivity contribution in [2.24, 2.45) is 11.3 Å². The van der Waals surface area contributed by atoms with Gasteiger partial charge < -0.3 is 15.2 Å². The van der Waals surface area contributed by atoms with Gasteiger partial charge in [-0.05, 0) is 41.7 Å². The van der Waals surface area contributed by atoms with Crippen molar-refractivity contribution >= 4 is 29.0 Å². The zero-order valence-corrected chi connectivity index (χ0v) is 22.9. The number of benzene rings is 3. The molecule has 0 aliphatic carbocycles. The number of allylic oxidation sites excluding steroid dienone is 1. The van der Waals surface area contributed by atoms with Gasteiger partial charge >= 0.3 is 0 Å². The van der Waals surface area contributed by atoms with Crippen molar-refractivity contribution in [2.45, 2.75) is 46.8 Å². The van der Waals surface area contributed by atoms with E-state index >= 15 is 4.39 Å². The number of carbonyl (C=O) groups excluding carboxylic acids is 1. The molecule has 7 heteroatoms. The molecule has 2 aliphatic rings. The quantitative estimate of drug-likeness (QED) is 0.331. The van der Waals surface area contributed by atoms with Crippen molar-refractivity contribution in [2.75, 3.05) is 16.0 Å². The number of aromatic hydroxyl groups is 1. The van der Waals surface area contributed by atoms with Crippen LogP contribution in [0.2, 0.25) is 0 Å². The number of fused-ring (bicyclic) bond motifs is 1. The number of thioether (sulfide) groups is 1. The Hall–Kier alpha value is -3.45. The van der Waals surface area contributed by atoms with Gasteiger partial charge in [0.15, 0.2) is 0 Å². The number of para-hydroxylation sites is 1. The largest absolute Gasteiger partial charge is 0.506 e. The highest BCUT2D eigenvalue weighted by Crippen LogP contribution is 2.53. The lowest BCUT2D eigenvalue weighted by atomic mass is 9.88. The minimum absolute atomic E-state index is 0.00345. The fourth-order valence-electron chi connectivity index (χ4n) is 4.96. The van der Waals surface area contributed by atoms with E-state index in [1.807, 2.05) is 44.2 Å². The Morgan fingerprint density at radius 2 is 1.92 bits per heavy atom. The van der Waals surface area contributed by atoms with Crippen LogP contribution in [0.5, 0.6) is 11.5 Å². The number of phenolic OH excluding ortho intramolecular Hbond substituents is 1. The summed E-state index contributed by atoms with van der Waals surface area (Å²) in [5.41, 5.74) is 3.29. The number of anilines is 2. The van der Waals surface area contributed by atoms with Gasteiger partial charge in [0.05, 0.1) is 11.7 Å². The second-order valence-corrected chi connectivity index (χ2v) is 12.0. The second-order valence-electron chi connectivity index (χ2n) is 11.0. The van der Waals surface area contributed by atoms with Gasteiger partial charge in [0.2, 0.25) is 5.91 Å². The zero-order chi connectivity index (χ0) is 27.0. The normalized spacial score (nSPS) is 18.4. The van der Waals surface area contributed by atoms with Gasteiger partial charge in [0.1, 0.15) is 29.6 Å². The van der Waals surface area contributed by atoms with Crippen molar-refractivity contribution in [3.63, 3.8) is 0 Å². The SMILES string of the molecule is CC(C)C(=O)N1c2cccc(O)c2NC2=C(SCC(C)(C)C2)C1c1ccc(OCc2ccccc2)cc1F. The molecule has 5 rings (SSSR count). The summed E-state index contributed by atoms with van der Waals surface area (Å²) in [6, 6.07) is 19.1. The molecule has 0 radical (unpaired) electrons. The van der Waals surface area contributed by atoms with Gasteiger partial charge in [0.25, 0.3) is 0 Å². The fourth-order valence-corrected chi connectivity index (χ4v) is 6.29. The van der Waals surface area contributed by atoms with Gasteiger partial charge in [-0.1, -0.05) is 64.1 Å². The van der Waals surface area contributed by atoms with Gasteiger partial charge in [0, 0.05) is 33.9 Å². The Morgan fingerprint density at radius 1 is 1.16 bits per heavy atom. The molecule has 0 saturated carbocycles. The number of hydrogen-bond donors (Lipinski definition) is 2. The standard InChI is InChI=1S/C31H33FN2O3S/c1-19(2)30(36)34-25-11-8-12-26(35)27(25)33-24-16-31(3,4)18-38-29(24)28(34)22-14-13-21(15-23(22)32)37-17-20-9-6-5-7-10-20/h5-15,19,28,33,35H,16-18H2,1-4H3. The molecule has 1 unspecified atom stereocenters. The third-order valence-corrected chi connectivity index (χ3v) is 8.59. The maximum absolute atomic E-state index is 16.0. The summed E-state index contributed by atoms with van der Waals surface area (Å²) in [4.78, 5) is 16.3. The first-order valence-corrected chi connectivity index (χ1v) is 13.9. The summed E-state index contributed by atoms with van der Waals surface area (Å²) in [5.74, 6) is 0.380. The van der Waals surface area contributed by atoms with Crippen LogP contribution in [0.1, 0.15) is 51.3 Å². The first-order chi connectivity index (χ1) is 18.1. The molecule has 1 atom stereocenters. The molecule has 2 heterocycles. The van der Waals surface area contributed by atoms with Crippen molar-refractivity contribution in [1.82, 2.24) is 0 Å². The van der Waals surface area contributed by atoms with E-state index in [1.165, 1.54) is 6.07 Å².